The lowest BCUT2D eigenvalue weighted by molar-refractivity contribution is -0.119. The number of aromatic amines is 1. The quantitative estimate of drug-likeness (QED) is 0.569. The number of H-pyrrole nitrogens is 1. The van der Waals surface area contributed by atoms with Gasteiger partial charge < -0.3 is 4.90 Å². The monoisotopic (exact) mass is 289 g/mol. The van der Waals surface area contributed by atoms with E-state index in [1.807, 2.05) is 0 Å². The van der Waals surface area contributed by atoms with Gasteiger partial charge in [0.15, 0.2) is 5.65 Å². The number of hydrazine groups is 1. The molecule has 0 aliphatic carbocycles. The summed E-state index contributed by atoms with van der Waals surface area (Å²) in [6.45, 7) is 0.905. The number of nitrogen functional groups attached to an aromatic ring is 1. The van der Waals surface area contributed by atoms with Crippen LogP contribution < -0.4 is 16.2 Å². The molecule has 0 bridgehead atoms. The Morgan fingerprint density at radius 3 is 2.75 bits per heavy atom. The van der Waals surface area contributed by atoms with Crippen molar-refractivity contribution in [3.63, 3.8) is 0 Å². The molecule has 2 heterocycles. The number of rotatable bonds is 5. The first-order valence-corrected chi connectivity index (χ1v) is 5.94. The molecule has 2 rings (SSSR count). The molecule has 0 aromatic carbocycles. The van der Waals surface area contributed by atoms with Crippen molar-refractivity contribution in [2.45, 2.75) is 19.5 Å². The predicted octanol–water partition coefficient (Wildman–Crippen LogP) is 1.42. The summed E-state index contributed by atoms with van der Waals surface area (Å²) < 4.78 is 38.0. The lowest BCUT2D eigenvalue weighted by atomic mass is 10.3. The van der Waals surface area contributed by atoms with Crippen LogP contribution in [-0.4, -0.2) is 39.4 Å². The third kappa shape index (κ3) is 3.07. The first-order chi connectivity index (χ1) is 9.44. The highest BCUT2D eigenvalue weighted by molar-refractivity contribution is 5.87. The van der Waals surface area contributed by atoms with E-state index in [4.69, 9.17) is 5.84 Å². The van der Waals surface area contributed by atoms with E-state index >= 15 is 0 Å². The number of hydrogen-bond donors (Lipinski definition) is 3. The molecule has 0 fully saturated rings. The highest BCUT2D eigenvalue weighted by Crippen LogP contribution is 2.27. The molecule has 0 unspecified atom stereocenters. The topological polar surface area (TPSA) is 95.8 Å². The van der Waals surface area contributed by atoms with Gasteiger partial charge in [-0.05, 0) is 6.42 Å². The number of hydrogen-bond acceptors (Lipinski definition) is 6. The van der Waals surface area contributed by atoms with Crippen LogP contribution in [0.1, 0.15) is 13.3 Å². The minimum atomic E-state index is -4.33. The third-order valence-electron chi connectivity index (χ3n) is 2.58. The van der Waals surface area contributed by atoms with Gasteiger partial charge in [0.1, 0.15) is 12.4 Å². The zero-order chi connectivity index (χ0) is 14.8. The van der Waals surface area contributed by atoms with Gasteiger partial charge in [0.05, 0.1) is 11.6 Å². The van der Waals surface area contributed by atoms with E-state index in [0.717, 1.165) is 4.90 Å². The van der Waals surface area contributed by atoms with Gasteiger partial charge in [0, 0.05) is 6.54 Å². The molecule has 10 heteroatoms. The molecule has 20 heavy (non-hydrogen) atoms. The summed E-state index contributed by atoms with van der Waals surface area (Å²) in [7, 11) is 0. The molecule has 0 spiro atoms. The van der Waals surface area contributed by atoms with Crippen molar-refractivity contribution in [2.24, 2.45) is 5.84 Å². The van der Waals surface area contributed by atoms with Crippen LogP contribution in [0.4, 0.5) is 24.9 Å². The molecule has 2 aromatic heterocycles. The lowest BCUT2D eigenvalue weighted by Crippen LogP contribution is -2.35. The Morgan fingerprint density at radius 1 is 1.40 bits per heavy atom. The Morgan fingerprint density at radius 2 is 2.15 bits per heavy atom. The zero-order valence-electron chi connectivity index (χ0n) is 10.7. The van der Waals surface area contributed by atoms with Crippen LogP contribution in [0.5, 0.6) is 0 Å². The molecule has 110 valence electrons. The van der Waals surface area contributed by atoms with Crippen molar-refractivity contribution in [2.75, 3.05) is 23.4 Å². The fourth-order valence-corrected chi connectivity index (χ4v) is 1.87. The van der Waals surface area contributed by atoms with Crippen molar-refractivity contribution >= 4 is 22.8 Å². The SMILES string of the molecule is CCCN(CC(F)(F)F)c1nc(NN)nc2[nH]ncc12. The summed E-state index contributed by atoms with van der Waals surface area (Å²) in [4.78, 5) is 9.13. The maximum absolute atomic E-state index is 12.7. The summed E-state index contributed by atoms with van der Waals surface area (Å²) in [5, 5.41) is 6.78. The number of nitrogens with zero attached hydrogens (tertiary/aromatic N) is 4. The Kier molecular flexibility index (Phi) is 3.93. The number of nitrogens with one attached hydrogen (secondary N) is 2. The Balaban J connectivity index is 2.48. The molecule has 0 saturated heterocycles. The first kappa shape index (κ1) is 14.3. The molecule has 0 aliphatic rings. The highest BCUT2D eigenvalue weighted by atomic mass is 19.4. The normalized spacial score (nSPS) is 11.8. The summed E-state index contributed by atoms with van der Waals surface area (Å²) in [6.07, 6.45) is -2.39. The van der Waals surface area contributed by atoms with Gasteiger partial charge in [-0.15, -0.1) is 0 Å². The molecule has 0 aliphatic heterocycles. The van der Waals surface area contributed by atoms with Gasteiger partial charge in [-0.1, -0.05) is 6.92 Å². The minimum Gasteiger partial charge on any atom is -0.347 e. The molecule has 0 amide bonds. The van der Waals surface area contributed by atoms with E-state index in [9.17, 15) is 13.2 Å². The summed E-state index contributed by atoms with van der Waals surface area (Å²) in [5.41, 5.74) is 2.56. The summed E-state index contributed by atoms with van der Waals surface area (Å²) in [5.74, 6) is 5.41. The third-order valence-corrected chi connectivity index (χ3v) is 2.58. The molecule has 0 radical (unpaired) electrons. The van der Waals surface area contributed by atoms with E-state index in [1.165, 1.54) is 6.20 Å². The number of anilines is 2. The van der Waals surface area contributed by atoms with Crippen LogP contribution in [0.2, 0.25) is 0 Å². The van der Waals surface area contributed by atoms with Crippen molar-refractivity contribution in [1.82, 2.24) is 20.2 Å². The van der Waals surface area contributed by atoms with Crippen molar-refractivity contribution in [1.29, 1.82) is 0 Å². The zero-order valence-corrected chi connectivity index (χ0v) is 10.7. The van der Waals surface area contributed by atoms with Crippen LogP contribution in [0, 0.1) is 0 Å². The summed E-state index contributed by atoms with van der Waals surface area (Å²) >= 11 is 0. The van der Waals surface area contributed by atoms with Crippen LogP contribution in [0.25, 0.3) is 11.0 Å². The summed E-state index contributed by atoms with van der Waals surface area (Å²) in [6, 6.07) is 0. The highest BCUT2D eigenvalue weighted by Gasteiger charge is 2.32. The maximum Gasteiger partial charge on any atom is 0.405 e. The smallest absolute Gasteiger partial charge is 0.347 e. The second kappa shape index (κ2) is 5.49. The fraction of sp³-hybridized carbons (Fsp3) is 0.500. The van der Waals surface area contributed by atoms with Crippen LogP contribution in [-0.2, 0) is 0 Å². The van der Waals surface area contributed by atoms with Crippen molar-refractivity contribution in [3.05, 3.63) is 6.20 Å². The van der Waals surface area contributed by atoms with Gasteiger partial charge in [-0.25, -0.2) is 5.84 Å². The number of alkyl halides is 3. The van der Waals surface area contributed by atoms with Crippen LogP contribution in [0.15, 0.2) is 6.20 Å². The first-order valence-electron chi connectivity index (χ1n) is 5.94. The van der Waals surface area contributed by atoms with Gasteiger partial charge >= 0.3 is 6.18 Å². The molecule has 2 aromatic rings. The Bertz CT molecular complexity index is 580. The molecule has 0 saturated carbocycles. The second-order valence-corrected chi connectivity index (χ2v) is 4.18. The van der Waals surface area contributed by atoms with Gasteiger partial charge in [-0.3, -0.25) is 10.5 Å². The number of halogens is 3. The van der Waals surface area contributed by atoms with E-state index in [-0.39, 0.29) is 18.3 Å². The molecular weight excluding hydrogens is 275 g/mol. The molecular formula is C10H14F3N7. The van der Waals surface area contributed by atoms with E-state index in [1.54, 1.807) is 6.92 Å². The molecule has 4 N–H and O–H groups in total. The number of fused-ring (bicyclic) bond motifs is 1. The van der Waals surface area contributed by atoms with E-state index in [2.05, 4.69) is 25.6 Å². The van der Waals surface area contributed by atoms with Gasteiger partial charge in [0.2, 0.25) is 5.95 Å². The average Bonchev–Trinajstić information content (AvgIpc) is 2.83. The Hall–Kier alpha value is -2.10. The lowest BCUT2D eigenvalue weighted by Gasteiger charge is -2.25. The van der Waals surface area contributed by atoms with Gasteiger partial charge in [0.25, 0.3) is 0 Å². The molecule has 7 nitrogen and oxygen atoms in total. The minimum absolute atomic E-state index is 0.0278. The van der Waals surface area contributed by atoms with Crippen molar-refractivity contribution < 1.29 is 13.2 Å². The number of aromatic nitrogens is 4. The van der Waals surface area contributed by atoms with Crippen LogP contribution >= 0.6 is 0 Å². The van der Waals surface area contributed by atoms with Gasteiger partial charge in [-0.2, -0.15) is 28.2 Å². The molecule has 0 atom stereocenters. The second-order valence-electron chi connectivity index (χ2n) is 4.18. The van der Waals surface area contributed by atoms with Crippen LogP contribution in [0.3, 0.4) is 0 Å². The number of nitrogens with two attached hydrogens (primary N) is 1. The standard InChI is InChI=1S/C10H14F3N7/c1-2-3-20(5-10(11,12)13)8-6-4-15-19-7(6)16-9(17-8)18-14/h4H,2-3,5,14H2,1H3,(H2,15,16,17,18,19). The van der Waals surface area contributed by atoms with Crippen molar-refractivity contribution in [3.8, 4) is 0 Å². The predicted molar refractivity (Wildman–Crippen MR) is 68.1 cm³/mol. The maximum atomic E-state index is 12.7. The van der Waals surface area contributed by atoms with E-state index < -0.39 is 12.7 Å². The average molecular weight is 289 g/mol. The fourth-order valence-electron chi connectivity index (χ4n) is 1.87. The van der Waals surface area contributed by atoms with E-state index in [0.29, 0.717) is 17.5 Å². The largest absolute Gasteiger partial charge is 0.405 e. The Labute approximate surface area is 112 Å².